The fourth-order valence-electron chi connectivity index (χ4n) is 2.06. The van der Waals surface area contributed by atoms with Gasteiger partial charge in [-0.3, -0.25) is 0 Å². The predicted octanol–water partition coefficient (Wildman–Crippen LogP) is 0.318. The van der Waals surface area contributed by atoms with Crippen LogP contribution in [0, 0.1) is 5.92 Å². The van der Waals surface area contributed by atoms with E-state index in [4.69, 9.17) is 9.52 Å². The van der Waals surface area contributed by atoms with Gasteiger partial charge in [0.1, 0.15) is 5.76 Å². The van der Waals surface area contributed by atoms with Crippen LogP contribution in [0.1, 0.15) is 18.6 Å². The summed E-state index contributed by atoms with van der Waals surface area (Å²) in [4.78, 5) is 0. The molecule has 0 aromatic carbocycles. The van der Waals surface area contributed by atoms with E-state index < -0.39 is 10.2 Å². The van der Waals surface area contributed by atoms with Gasteiger partial charge in [0, 0.05) is 19.7 Å². The molecular formula is C11H18N2O4S. The van der Waals surface area contributed by atoms with Crippen molar-refractivity contribution in [3.8, 4) is 0 Å². The molecule has 1 unspecified atom stereocenters. The van der Waals surface area contributed by atoms with Crippen LogP contribution in [-0.4, -0.2) is 37.5 Å². The number of rotatable bonds is 5. The van der Waals surface area contributed by atoms with Crippen molar-refractivity contribution in [3.63, 3.8) is 0 Å². The summed E-state index contributed by atoms with van der Waals surface area (Å²) in [6, 6.07) is 3.43. The minimum absolute atomic E-state index is 0.0319. The smallest absolute Gasteiger partial charge is 0.279 e. The van der Waals surface area contributed by atoms with Gasteiger partial charge in [-0.25, -0.2) is 0 Å². The molecule has 0 aliphatic carbocycles. The van der Waals surface area contributed by atoms with Gasteiger partial charge in [-0.15, -0.1) is 0 Å². The monoisotopic (exact) mass is 274 g/mol. The minimum atomic E-state index is -3.49. The summed E-state index contributed by atoms with van der Waals surface area (Å²) in [6.07, 6.45) is 3.17. The quantitative estimate of drug-likeness (QED) is 0.810. The molecule has 1 aromatic heterocycles. The lowest BCUT2D eigenvalue weighted by atomic mass is 10.0. The lowest BCUT2D eigenvalue weighted by molar-refractivity contribution is 0.164. The van der Waals surface area contributed by atoms with Crippen molar-refractivity contribution in [1.82, 2.24) is 9.03 Å². The van der Waals surface area contributed by atoms with E-state index >= 15 is 0 Å². The SMILES string of the molecule is O=S(=O)(NCc1ccco1)N1CCCC(CO)C1. The van der Waals surface area contributed by atoms with Crippen molar-refractivity contribution in [2.45, 2.75) is 19.4 Å². The highest BCUT2D eigenvalue weighted by molar-refractivity contribution is 7.87. The highest BCUT2D eigenvalue weighted by atomic mass is 32.2. The molecule has 0 radical (unpaired) electrons. The summed E-state index contributed by atoms with van der Waals surface area (Å²) in [5.41, 5.74) is 0. The number of nitrogens with one attached hydrogen (secondary N) is 1. The van der Waals surface area contributed by atoms with Gasteiger partial charge in [-0.1, -0.05) is 0 Å². The molecule has 0 bridgehead atoms. The van der Waals surface area contributed by atoms with Crippen LogP contribution in [0.4, 0.5) is 0 Å². The highest BCUT2D eigenvalue weighted by Crippen LogP contribution is 2.18. The van der Waals surface area contributed by atoms with Crippen LogP contribution >= 0.6 is 0 Å². The Morgan fingerprint density at radius 1 is 1.56 bits per heavy atom. The van der Waals surface area contributed by atoms with E-state index in [9.17, 15) is 8.42 Å². The lowest BCUT2D eigenvalue weighted by Gasteiger charge is -2.30. The number of aliphatic hydroxyl groups excluding tert-OH is 1. The maximum absolute atomic E-state index is 12.0. The maximum Gasteiger partial charge on any atom is 0.279 e. The van der Waals surface area contributed by atoms with Crippen LogP contribution in [0.3, 0.4) is 0 Å². The van der Waals surface area contributed by atoms with Crippen molar-refractivity contribution < 1.29 is 17.9 Å². The van der Waals surface area contributed by atoms with Gasteiger partial charge in [-0.2, -0.15) is 17.4 Å². The summed E-state index contributed by atoms with van der Waals surface area (Å²) in [7, 11) is -3.49. The predicted molar refractivity (Wildman–Crippen MR) is 65.9 cm³/mol. The first-order valence-corrected chi connectivity index (χ1v) is 7.44. The Morgan fingerprint density at radius 2 is 2.39 bits per heavy atom. The van der Waals surface area contributed by atoms with Crippen molar-refractivity contribution in [3.05, 3.63) is 24.2 Å². The molecule has 0 amide bonds. The second-order valence-electron chi connectivity index (χ2n) is 4.45. The van der Waals surface area contributed by atoms with E-state index in [1.54, 1.807) is 12.1 Å². The van der Waals surface area contributed by atoms with Gasteiger partial charge in [0.15, 0.2) is 0 Å². The summed E-state index contributed by atoms with van der Waals surface area (Å²) >= 11 is 0. The van der Waals surface area contributed by atoms with E-state index in [-0.39, 0.29) is 19.1 Å². The molecule has 1 fully saturated rings. The van der Waals surface area contributed by atoms with Gasteiger partial charge < -0.3 is 9.52 Å². The summed E-state index contributed by atoms with van der Waals surface area (Å²) < 4.78 is 33.0. The second-order valence-corrected chi connectivity index (χ2v) is 6.21. The number of nitrogens with zero attached hydrogens (tertiary/aromatic N) is 1. The molecule has 1 atom stereocenters. The van der Waals surface area contributed by atoms with E-state index in [1.165, 1.54) is 10.6 Å². The third kappa shape index (κ3) is 3.32. The zero-order valence-electron chi connectivity index (χ0n) is 10.1. The first-order valence-electron chi connectivity index (χ1n) is 6.00. The van der Waals surface area contributed by atoms with Gasteiger partial charge in [-0.05, 0) is 30.9 Å². The Labute approximate surface area is 107 Å². The lowest BCUT2D eigenvalue weighted by Crippen LogP contribution is -2.46. The standard InChI is InChI=1S/C11H18N2O4S/c14-9-10-3-1-5-13(8-10)18(15,16)12-7-11-4-2-6-17-11/h2,4,6,10,12,14H,1,3,5,7-9H2. The molecule has 2 N–H and O–H groups in total. The molecule has 0 spiro atoms. The maximum atomic E-state index is 12.0. The van der Waals surface area contributed by atoms with Crippen LogP contribution in [0.2, 0.25) is 0 Å². The molecule has 1 aliphatic heterocycles. The molecule has 0 saturated carbocycles. The Bertz CT molecular complexity index is 457. The first-order chi connectivity index (χ1) is 8.62. The van der Waals surface area contributed by atoms with Gasteiger partial charge in [0.25, 0.3) is 10.2 Å². The Hall–Kier alpha value is -0.890. The van der Waals surface area contributed by atoms with Gasteiger partial charge >= 0.3 is 0 Å². The number of aliphatic hydroxyl groups is 1. The molecular weight excluding hydrogens is 256 g/mol. The first kappa shape index (κ1) is 13.5. The van der Waals surface area contributed by atoms with Crippen molar-refractivity contribution in [1.29, 1.82) is 0 Å². The third-order valence-electron chi connectivity index (χ3n) is 3.09. The fraction of sp³-hybridized carbons (Fsp3) is 0.636. The number of hydrogen-bond acceptors (Lipinski definition) is 4. The molecule has 7 heteroatoms. The average molecular weight is 274 g/mol. The Kier molecular flexibility index (Phi) is 4.39. The van der Waals surface area contributed by atoms with E-state index in [0.29, 0.717) is 18.8 Å². The van der Waals surface area contributed by atoms with E-state index in [1.807, 2.05) is 0 Å². The second kappa shape index (κ2) is 5.83. The van der Waals surface area contributed by atoms with Gasteiger partial charge in [0.2, 0.25) is 0 Å². The summed E-state index contributed by atoms with van der Waals surface area (Å²) in [5.74, 6) is 0.619. The van der Waals surface area contributed by atoms with Crippen molar-refractivity contribution in [2.75, 3.05) is 19.7 Å². The Balaban J connectivity index is 1.93. The molecule has 6 nitrogen and oxygen atoms in total. The molecule has 18 heavy (non-hydrogen) atoms. The van der Waals surface area contributed by atoms with E-state index in [0.717, 1.165) is 12.8 Å². The average Bonchev–Trinajstić information content (AvgIpc) is 2.90. The minimum Gasteiger partial charge on any atom is -0.468 e. The zero-order chi connectivity index (χ0) is 13.0. The molecule has 1 saturated heterocycles. The topological polar surface area (TPSA) is 82.8 Å². The fourth-order valence-corrected chi connectivity index (χ4v) is 3.34. The molecule has 102 valence electrons. The van der Waals surface area contributed by atoms with Crippen molar-refractivity contribution in [2.24, 2.45) is 5.92 Å². The van der Waals surface area contributed by atoms with Crippen LogP contribution in [0.25, 0.3) is 0 Å². The van der Waals surface area contributed by atoms with Crippen molar-refractivity contribution >= 4 is 10.2 Å². The van der Waals surface area contributed by atoms with Crippen LogP contribution in [-0.2, 0) is 16.8 Å². The highest BCUT2D eigenvalue weighted by Gasteiger charge is 2.28. The number of piperidine rings is 1. The molecule has 2 heterocycles. The van der Waals surface area contributed by atoms with Crippen LogP contribution < -0.4 is 4.72 Å². The largest absolute Gasteiger partial charge is 0.468 e. The third-order valence-corrected chi connectivity index (χ3v) is 4.61. The Morgan fingerprint density at radius 3 is 3.06 bits per heavy atom. The summed E-state index contributed by atoms with van der Waals surface area (Å²) in [6.45, 7) is 1.06. The summed E-state index contributed by atoms with van der Waals surface area (Å²) in [5, 5.41) is 9.10. The van der Waals surface area contributed by atoms with Crippen LogP contribution in [0.5, 0.6) is 0 Å². The van der Waals surface area contributed by atoms with E-state index in [2.05, 4.69) is 4.72 Å². The van der Waals surface area contributed by atoms with Gasteiger partial charge in [0.05, 0.1) is 12.8 Å². The molecule has 1 aromatic rings. The molecule has 2 rings (SSSR count). The normalized spacial score (nSPS) is 22.2. The number of furan rings is 1. The van der Waals surface area contributed by atoms with Crippen LogP contribution in [0.15, 0.2) is 22.8 Å². The number of hydrogen-bond donors (Lipinski definition) is 2. The zero-order valence-corrected chi connectivity index (χ0v) is 10.9. The molecule has 1 aliphatic rings.